The molecule has 0 bridgehead atoms. The molecule has 1 aliphatic carbocycles. The summed E-state index contributed by atoms with van der Waals surface area (Å²) in [7, 11) is -3.31. The molecule has 33 heavy (non-hydrogen) atoms. The van der Waals surface area contributed by atoms with Crippen LogP contribution in [0.25, 0.3) is 0 Å². The van der Waals surface area contributed by atoms with Gasteiger partial charge in [0.05, 0.1) is 18.8 Å². The molecular formula is C26H56O5Si2. The normalized spacial score (nSPS) is 27.3. The second kappa shape index (κ2) is 13.0. The van der Waals surface area contributed by atoms with Crippen LogP contribution in [0.3, 0.4) is 0 Å². The third-order valence-corrected chi connectivity index (χ3v) is 17.4. The zero-order valence-corrected chi connectivity index (χ0v) is 25.5. The number of hydrogen-bond donors (Lipinski definition) is 2. The van der Waals surface area contributed by atoms with E-state index in [0.29, 0.717) is 25.2 Å². The second-order valence-electron chi connectivity index (χ2n) is 13.2. The Labute approximate surface area is 207 Å². The number of ether oxygens (including phenoxy) is 1. The summed E-state index contributed by atoms with van der Waals surface area (Å²) >= 11 is 0. The van der Waals surface area contributed by atoms with E-state index >= 15 is 0 Å². The van der Waals surface area contributed by atoms with Gasteiger partial charge in [0.25, 0.3) is 0 Å². The first-order chi connectivity index (χ1) is 15.0. The molecule has 198 valence electrons. The second-order valence-corrected chi connectivity index (χ2v) is 22.7. The molecule has 2 N–H and O–H groups in total. The lowest BCUT2D eigenvalue weighted by molar-refractivity contribution is 0.0637. The summed E-state index contributed by atoms with van der Waals surface area (Å²) in [6.45, 7) is 24.0. The van der Waals surface area contributed by atoms with E-state index in [9.17, 15) is 0 Å². The van der Waals surface area contributed by atoms with Gasteiger partial charge in [-0.3, -0.25) is 0 Å². The van der Waals surface area contributed by atoms with E-state index in [4.69, 9.17) is 23.8 Å². The number of rotatable bonds is 8. The van der Waals surface area contributed by atoms with E-state index in [1.54, 1.807) is 0 Å². The van der Waals surface area contributed by atoms with Gasteiger partial charge in [0.2, 0.25) is 0 Å². The SMILES string of the molecule is CC(C)(C)[Si](C)(C)O[C@@H]1CCCC[C@H]1CCO.CC(C)(C)[Si](C)(C)O[C@@H]1COC(CCO)C1. The van der Waals surface area contributed by atoms with Crippen molar-refractivity contribution in [3.05, 3.63) is 0 Å². The average Bonchev–Trinajstić information content (AvgIpc) is 3.08. The van der Waals surface area contributed by atoms with Crippen molar-refractivity contribution in [1.29, 1.82) is 0 Å². The van der Waals surface area contributed by atoms with Gasteiger partial charge in [-0.1, -0.05) is 54.4 Å². The minimum atomic E-state index is -1.66. The number of hydrogen-bond acceptors (Lipinski definition) is 5. The van der Waals surface area contributed by atoms with Crippen molar-refractivity contribution < 1.29 is 23.8 Å². The van der Waals surface area contributed by atoms with Crippen LogP contribution >= 0.6 is 0 Å². The first-order valence-electron chi connectivity index (χ1n) is 13.2. The molecule has 7 heteroatoms. The monoisotopic (exact) mass is 504 g/mol. The summed E-state index contributed by atoms with van der Waals surface area (Å²) in [6, 6.07) is 0. The highest BCUT2D eigenvalue weighted by Gasteiger charge is 2.42. The van der Waals surface area contributed by atoms with Crippen LogP contribution in [-0.4, -0.2) is 65.0 Å². The lowest BCUT2D eigenvalue weighted by Crippen LogP contribution is -2.46. The van der Waals surface area contributed by atoms with Gasteiger partial charge in [-0.05, 0) is 67.9 Å². The molecule has 4 atom stereocenters. The van der Waals surface area contributed by atoms with Crippen LogP contribution in [0.4, 0.5) is 0 Å². The van der Waals surface area contributed by atoms with Crippen LogP contribution in [0, 0.1) is 5.92 Å². The van der Waals surface area contributed by atoms with Gasteiger partial charge in [0.1, 0.15) is 0 Å². The highest BCUT2D eigenvalue weighted by atomic mass is 28.4. The molecule has 1 heterocycles. The Balaban J connectivity index is 0.000000331. The van der Waals surface area contributed by atoms with Gasteiger partial charge in [-0.15, -0.1) is 0 Å². The molecule has 1 aliphatic heterocycles. The van der Waals surface area contributed by atoms with Gasteiger partial charge < -0.3 is 23.8 Å². The maximum atomic E-state index is 9.15. The molecular weight excluding hydrogens is 448 g/mol. The lowest BCUT2D eigenvalue weighted by Gasteiger charge is -2.43. The average molecular weight is 505 g/mol. The predicted octanol–water partition coefficient (Wildman–Crippen LogP) is 6.50. The third kappa shape index (κ3) is 10.0. The standard InChI is InChI=1S/C14H30O2Si.C12H26O3Si/c1-14(2,3)17(4,5)16-13-9-7-6-8-12(13)10-11-15;1-12(2,3)16(4,5)15-11-8-10(6-7-13)14-9-11/h12-13,15H,6-11H2,1-5H3;10-11,13H,6-9H2,1-5H3/t12-,13+;10?,11-/m00/s1. The first-order valence-corrected chi connectivity index (χ1v) is 19.0. The van der Waals surface area contributed by atoms with Crippen molar-refractivity contribution in [3.63, 3.8) is 0 Å². The Kier molecular flexibility index (Phi) is 12.3. The molecule has 1 unspecified atom stereocenters. The van der Waals surface area contributed by atoms with E-state index < -0.39 is 16.6 Å². The molecule has 0 aromatic heterocycles. The fourth-order valence-electron chi connectivity index (χ4n) is 4.07. The number of aliphatic hydroxyl groups is 2. The molecule has 0 amide bonds. The predicted molar refractivity (Wildman–Crippen MR) is 144 cm³/mol. The topological polar surface area (TPSA) is 68.2 Å². The van der Waals surface area contributed by atoms with Crippen molar-refractivity contribution in [2.75, 3.05) is 19.8 Å². The minimum Gasteiger partial charge on any atom is -0.414 e. The fraction of sp³-hybridized carbons (Fsp3) is 1.00. The van der Waals surface area contributed by atoms with E-state index in [1.165, 1.54) is 25.7 Å². The van der Waals surface area contributed by atoms with Crippen LogP contribution < -0.4 is 0 Å². The van der Waals surface area contributed by atoms with E-state index in [0.717, 1.165) is 19.3 Å². The molecule has 1 saturated carbocycles. The summed E-state index contributed by atoms with van der Waals surface area (Å²) in [6.07, 6.45) is 8.44. The molecule has 0 aromatic carbocycles. The summed E-state index contributed by atoms with van der Waals surface area (Å²) in [4.78, 5) is 0. The van der Waals surface area contributed by atoms with E-state index in [-0.39, 0.29) is 28.9 Å². The van der Waals surface area contributed by atoms with Crippen molar-refractivity contribution in [2.24, 2.45) is 5.92 Å². The van der Waals surface area contributed by atoms with Gasteiger partial charge in [-0.25, -0.2) is 0 Å². The van der Waals surface area contributed by atoms with Gasteiger partial charge in [-0.2, -0.15) is 0 Å². The maximum Gasteiger partial charge on any atom is 0.192 e. The minimum absolute atomic E-state index is 0.194. The molecule has 0 radical (unpaired) electrons. The Morgan fingerprint density at radius 1 is 0.788 bits per heavy atom. The summed E-state index contributed by atoms with van der Waals surface area (Å²) in [5.74, 6) is 0.586. The van der Waals surface area contributed by atoms with Crippen LogP contribution in [0.2, 0.25) is 36.3 Å². The highest BCUT2D eigenvalue weighted by molar-refractivity contribution is 6.74. The fourth-order valence-corrected chi connectivity index (χ4v) is 6.85. The molecule has 1 saturated heterocycles. The van der Waals surface area contributed by atoms with Crippen LogP contribution in [0.15, 0.2) is 0 Å². The van der Waals surface area contributed by atoms with Crippen molar-refractivity contribution in [2.45, 2.75) is 141 Å². The highest BCUT2D eigenvalue weighted by Crippen LogP contribution is 2.41. The number of aliphatic hydroxyl groups excluding tert-OH is 2. The molecule has 5 nitrogen and oxygen atoms in total. The summed E-state index contributed by atoms with van der Waals surface area (Å²) in [5.41, 5.74) is 0. The van der Waals surface area contributed by atoms with Gasteiger partial charge in [0.15, 0.2) is 16.6 Å². The Hall–Kier alpha value is 0.234. The lowest BCUT2D eigenvalue weighted by atomic mass is 9.85. The Morgan fingerprint density at radius 3 is 1.82 bits per heavy atom. The third-order valence-electron chi connectivity index (χ3n) is 8.35. The van der Waals surface area contributed by atoms with Crippen molar-refractivity contribution in [3.8, 4) is 0 Å². The zero-order valence-electron chi connectivity index (χ0n) is 23.5. The molecule has 2 fully saturated rings. The zero-order chi connectivity index (χ0) is 25.5. The van der Waals surface area contributed by atoms with E-state index in [2.05, 4.69) is 67.7 Å². The van der Waals surface area contributed by atoms with Crippen molar-refractivity contribution in [1.82, 2.24) is 0 Å². The Morgan fingerprint density at radius 2 is 1.30 bits per heavy atom. The smallest absolute Gasteiger partial charge is 0.192 e. The summed E-state index contributed by atoms with van der Waals surface area (Å²) in [5, 5.41) is 18.6. The van der Waals surface area contributed by atoms with Crippen molar-refractivity contribution >= 4 is 16.6 Å². The van der Waals surface area contributed by atoms with Gasteiger partial charge in [0, 0.05) is 25.7 Å². The van der Waals surface area contributed by atoms with Crippen LogP contribution in [-0.2, 0) is 13.6 Å². The van der Waals surface area contributed by atoms with Gasteiger partial charge >= 0.3 is 0 Å². The molecule has 2 rings (SSSR count). The molecule has 2 aliphatic rings. The first kappa shape index (κ1) is 31.3. The van der Waals surface area contributed by atoms with Crippen LogP contribution in [0.1, 0.15) is 86.5 Å². The Bertz CT molecular complexity index is 552. The largest absolute Gasteiger partial charge is 0.414 e. The molecule has 0 spiro atoms. The molecule has 0 aromatic rings. The van der Waals surface area contributed by atoms with Crippen LogP contribution in [0.5, 0.6) is 0 Å². The summed E-state index contributed by atoms with van der Waals surface area (Å²) < 4.78 is 18.4. The quantitative estimate of drug-likeness (QED) is 0.369. The maximum absolute atomic E-state index is 9.15. The van der Waals surface area contributed by atoms with E-state index in [1.807, 2.05) is 0 Å².